The average molecular weight is 558 g/mol. The molecule has 0 saturated heterocycles. The fourth-order valence-electron chi connectivity index (χ4n) is 5.46. The third kappa shape index (κ3) is 5.41. The molecule has 1 nitrogen and oxygen atoms in total. The lowest BCUT2D eigenvalue weighted by molar-refractivity contribution is 0.876. The predicted octanol–water partition coefficient (Wildman–Crippen LogP) is 10.8. The van der Waals surface area contributed by atoms with Gasteiger partial charge in [0.1, 0.15) is 0 Å². The minimum Gasteiger partial charge on any atom is -0.380 e. The van der Waals surface area contributed by atoms with Crippen LogP contribution in [0.25, 0.3) is 32.8 Å². The first kappa shape index (κ1) is 26.7. The quantitative estimate of drug-likeness (QED) is 0.231. The molecule has 0 bridgehead atoms. The van der Waals surface area contributed by atoms with Gasteiger partial charge in [0.2, 0.25) is 0 Å². The van der Waals surface area contributed by atoms with Crippen LogP contribution in [0.1, 0.15) is 53.3 Å². The zero-order valence-electron chi connectivity index (χ0n) is 23.3. The second-order valence-electron chi connectivity index (χ2n) is 10.7. The van der Waals surface area contributed by atoms with Crippen molar-refractivity contribution in [1.82, 2.24) is 5.32 Å². The summed E-state index contributed by atoms with van der Waals surface area (Å²) in [5.74, 6) is 0.987. The molecule has 1 aliphatic heterocycles. The smallest absolute Gasteiger partial charge is 0.0505 e. The molecular weight excluding hydrogens is 523 g/mol. The maximum absolute atomic E-state index is 4.55. The molecule has 1 aliphatic carbocycles. The Balaban J connectivity index is 1.24. The lowest BCUT2D eigenvalue weighted by Gasteiger charge is -2.20. The second-order valence-corrected chi connectivity index (χ2v) is 12.7. The van der Waals surface area contributed by atoms with Gasteiger partial charge in [-0.15, -0.1) is 23.1 Å². The highest BCUT2D eigenvalue weighted by molar-refractivity contribution is 7.98. The van der Waals surface area contributed by atoms with Gasteiger partial charge in [0.05, 0.1) is 4.88 Å². The zero-order chi connectivity index (χ0) is 27.6. The van der Waals surface area contributed by atoms with Gasteiger partial charge >= 0.3 is 0 Å². The molecule has 40 heavy (non-hydrogen) atoms. The summed E-state index contributed by atoms with van der Waals surface area (Å²) in [6.07, 6.45) is 7.91. The van der Waals surface area contributed by atoms with Crippen LogP contribution < -0.4 is 5.32 Å². The molecule has 2 heterocycles. The van der Waals surface area contributed by atoms with Crippen molar-refractivity contribution >= 4 is 34.4 Å². The molecule has 0 amide bonds. The van der Waals surface area contributed by atoms with E-state index in [1.165, 1.54) is 64.7 Å². The van der Waals surface area contributed by atoms with Crippen LogP contribution in [0.2, 0.25) is 0 Å². The molecule has 0 fully saturated rings. The minimum atomic E-state index is 0.786. The van der Waals surface area contributed by atoms with E-state index in [1.807, 2.05) is 23.1 Å². The van der Waals surface area contributed by atoms with E-state index in [9.17, 15) is 0 Å². The van der Waals surface area contributed by atoms with E-state index in [0.29, 0.717) is 0 Å². The molecule has 1 N–H and O–H groups in total. The fourth-order valence-corrected chi connectivity index (χ4v) is 7.86. The SMILES string of the molecule is C=C(NCc1ccc(C)cc1)c1cc2c(s1)-c1ccc(-c3ccccc3C(=C)C3=CC=C(CC)CC3)cc1SC2. The summed E-state index contributed by atoms with van der Waals surface area (Å²) >= 11 is 3.79. The third-order valence-corrected chi connectivity index (χ3v) is 10.4. The second kappa shape index (κ2) is 11.5. The number of hydrogen-bond acceptors (Lipinski definition) is 3. The molecule has 3 aromatic carbocycles. The number of allylic oxidation sites excluding steroid dienone is 5. The summed E-state index contributed by atoms with van der Waals surface area (Å²) in [4.78, 5) is 3.94. The van der Waals surface area contributed by atoms with Gasteiger partial charge < -0.3 is 5.32 Å². The topological polar surface area (TPSA) is 12.0 Å². The van der Waals surface area contributed by atoms with Gasteiger partial charge in [-0.2, -0.15) is 0 Å². The number of thiophene rings is 1. The van der Waals surface area contributed by atoms with Crippen molar-refractivity contribution in [3.63, 3.8) is 0 Å². The Bertz CT molecular complexity index is 1660. The molecule has 3 heteroatoms. The van der Waals surface area contributed by atoms with Crippen LogP contribution >= 0.6 is 23.1 Å². The van der Waals surface area contributed by atoms with Gasteiger partial charge in [0.15, 0.2) is 0 Å². The molecule has 0 saturated carbocycles. The van der Waals surface area contributed by atoms with Crippen molar-refractivity contribution < 1.29 is 0 Å². The lowest BCUT2D eigenvalue weighted by Crippen LogP contribution is -2.09. The Morgan fingerprint density at radius 3 is 2.50 bits per heavy atom. The zero-order valence-corrected chi connectivity index (χ0v) is 25.0. The van der Waals surface area contributed by atoms with Crippen molar-refractivity contribution in [2.45, 2.75) is 50.3 Å². The normalized spacial score (nSPS) is 14.1. The fraction of sp³-hybridized carbons (Fsp3) is 0.189. The highest BCUT2D eigenvalue weighted by Crippen LogP contribution is 2.48. The number of benzene rings is 3. The van der Waals surface area contributed by atoms with E-state index in [-0.39, 0.29) is 0 Å². The monoisotopic (exact) mass is 557 g/mol. The van der Waals surface area contributed by atoms with Crippen LogP contribution in [0.4, 0.5) is 0 Å². The van der Waals surface area contributed by atoms with Crippen molar-refractivity contribution in [3.05, 3.63) is 136 Å². The largest absolute Gasteiger partial charge is 0.380 e. The van der Waals surface area contributed by atoms with Gasteiger partial charge in [-0.05, 0) is 77.3 Å². The molecule has 0 radical (unpaired) electrons. The van der Waals surface area contributed by atoms with E-state index < -0.39 is 0 Å². The molecule has 1 aromatic heterocycles. The van der Waals surface area contributed by atoms with Gasteiger partial charge in [-0.25, -0.2) is 0 Å². The number of aryl methyl sites for hydroxylation is 1. The highest BCUT2D eigenvalue weighted by atomic mass is 32.2. The summed E-state index contributed by atoms with van der Waals surface area (Å²) in [7, 11) is 0. The highest BCUT2D eigenvalue weighted by Gasteiger charge is 2.22. The van der Waals surface area contributed by atoms with Crippen molar-refractivity contribution in [2.24, 2.45) is 0 Å². The molecule has 0 unspecified atom stereocenters. The standard InChI is InChI=1S/C37H35NS2/c1-5-27-14-16-29(17-15-27)25(3)32-8-6-7-9-33(32)30-18-19-34-36(20-30)39-23-31-21-35(40-37(31)34)26(4)38-22-28-12-10-24(2)11-13-28/h6-14,16,18-21,38H,3-5,15,17,22-23H2,1-2H3. The average Bonchev–Trinajstić information content (AvgIpc) is 3.45. The molecule has 4 aromatic rings. The summed E-state index contributed by atoms with van der Waals surface area (Å²) in [5.41, 5.74) is 14.1. The van der Waals surface area contributed by atoms with E-state index in [0.717, 1.165) is 42.8 Å². The Morgan fingerprint density at radius 1 is 0.900 bits per heavy atom. The maximum atomic E-state index is 4.55. The van der Waals surface area contributed by atoms with Crippen LogP contribution in [-0.4, -0.2) is 0 Å². The Hall–Kier alpha value is -3.53. The molecule has 200 valence electrons. The van der Waals surface area contributed by atoms with E-state index in [4.69, 9.17) is 0 Å². The van der Waals surface area contributed by atoms with Gasteiger partial charge in [0, 0.05) is 33.3 Å². The first-order valence-corrected chi connectivity index (χ1v) is 15.9. The summed E-state index contributed by atoms with van der Waals surface area (Å²) in [6.45, 7) is 14.1. The molecule has 0 spiro atoms. The van der Waals surface area contributed by atoms with Gasteiger partial charge in [-0.3, -0.25) is 0 Å². The Kier molecular flexibility index (Phi) is 7.69. The first-order valence-electron chi connectivity index (χ1n) is 14.1. The maximum Gasteiger partial charge on any atom is 0.0505 e. The van der Waals surface area contributed by atoms with Crippen molar-refractivity contribution in [1.29, 1.82) is 0 Å². The number of nitrogens with one attached hydrogen (secondary N) is 1. The number of hydrogen-bond donors (Lipinski definition) is 1. The molecule has 2 aliphatic rings. The number of fused-ring (bicyclic) bond motifs is 3. The minimum absolute atomic E-state index is 0.786. The molecule has 6 rings (SSSR count). The van der Waals surface area contributed by atoms with Crippen LogP contribution in [0.15, 0.2) is 114 Å². The predicted molar refractivity (Wildman–Crippen MR) is 177 cm³/mol. The van der Waals surface area contributed by atoms with Gasteiger partial charge in [-0.1, -0.05) is 104 Å². The van der Waals surface area contributed by atoms with Crippen molar-refractivity contribution in [2.75, 3.05) is 0 Å². The van der Waals surface area contributed by atoms with Crippen LogP contribution in [0.5, 0.6) is 0 Å². The van der Waals surface area contributed by atoms with E-state index >= 15 is 0 Å². The summed E-state index contributed by atoms with van der Waals surface area (Å²) in [5, 5.41) is 3.54. The number of rotatable bonds is 8. The summed E-state index contributed by atoms with van der Waals surface area (Å²) in [6, 6.07) is 26.7. The Morgan fingerprint density at radius 2 is 1.73 bits per heavy atom. The Labute approximate surface area is 247 Å². The molecular formula is C37H35NS2. The van der Waals surface area contributed by atoms with Crippen molar-refractivity contribution in [3.8, 4) is 21.6 Å². The lowest BCUT2D eigenvalue weighted by atomic mass is 9.86. The van der Waals surface area contributed by atoms with E-state index in [2.05, 4.69) is 117 Å². The first-order chi connectivity index (χ1) is 19.5. The van der Waals surface area contributed by atoms with Gasteiger partial charge in [0.25, 0.3) is 0 Å². The number of thioether (sulfide) groups is 1. The third-order valence-electron chi connectivity index (χ3n) is 7.98. The van der Waals surface area contributed by atoms with Crippen LogP contribution in [0, 0.1) is 6.92 Å². The van der Waals surface area contributed by atoms with E-state index in [1.54, 1.807) is 0 Å². The van der Waals surface area contributed by atoms with Crippen LogP contribution in [-0.2, 0) is 12.3 Å². The summed E-state index contributed by atoms with van der Waals surface area (Å²) < 4.78 is 0. The molecule has 0 atom stereocenters. The van der Waals surface area contributed by atoms with Crippen LogP contribution in [0.3, 0.4) is 0 Å².